The molecule has 10 heteroatoms. The average Bonchev–Trinajstić information content (AvgIpc) is 3.26. The number of carbonyl (C=O) groups excluding carboxylic acids is 2. The van der Waals surface area contributed by atoms with Crippen molar-refractivity contribution in [1.29, 1.82) is 0 Å². The van der Waals surface area contributed by atoms with Gasteiger partial charge < -0.3 is 4.74 Å². The van der Waals surface area contributed by atoms with Crippen molar-refractivity contribution in [2.45, 2.75) is 12.1 Å². The van der Waals surface area contributed by atoms with Gasteiger partial charge in [-0.25, -0.2) is 9.97 Å². The van der Waals surface area contributed by atoms with Crippen molar-refractivity contribution < 1.29 is 14.3 Å². The molecular weight excluding hydrogens is 458 g/mol. The molecular formula is C23H19N5O3S2. The highest BCUT2D eigenvalue weighted by molar-refractivity contribution is 7.99. The summed E-state index contributed by atoms with van der Waals surface area (Å²) in [6.07, 6.45) is 0. The molecule has 1 N–H and O–H groups in total. The van der Waals surface area contributed by atoms with Crippen molar-refractivity contribution in [2.75, 3.05) is 17.7 Å². The smallest absolute Gasteiger partial charge is 0.316 e. The van der Waals surface area contributed by atoms with Gasteiger partial charge in [-0.15, -0.1) is 10.2 Å². The molecule has 4 aromatic rings. The summed E-state index contributed by atoms with van der Waals surface area (Å²) < 4.78 is 5.06. The standard InChI is InChI=1S/C23H19N5O3S2/c1-15-27-28-23(33-15)26-20(29)13-31-21(30)14-32-22-24-18(16-8-4-2-5-9-16)12-19(25-22)17-10-6-3-7-11-17/h2-12H,13-14H2,1H3,(H,26,28,29). The molecule has 0 aliphatic rings. The highest BCUT2D eigenvalue weighted by Crippen LogP contribution is 2.27. The zero-order chi connectivity index (χ0) is 23.0. The number of esters is 1. The fraction of sp³-hybridized carbons (Fsp3) is 0.130. The van der Waals surface area contributed by atoms with Crippen LogP contribution in [0.4, 0.5) is 5.13 Å². The van der Waals surface area contributed by atoms with Gasteiger partial charge >= 0.3 is 5.97 Å². The van der Waals surface area contributed by atoms with Crippen LogP contribution in [0.25, 0.3) is 22.5 Å². The Kier molecular flexibility index (Phi) is 7.38. The Morgan fingerprint density at radius 2 is 1.55 bits per heavy atom. The second-order valence-electron chi connectivity index (χ2n) is 6.78. The first-order valence-corrected chi connectivity index (χ1v) is 11.8. The summed E-state index contributed by atoms with van der Waals surface area (Å²) in [5, 5.41) is 11.7. The van der Waals surface area contributed by atoms with Gasteiger partial charge in [-0.2, -0.15) is 0 Å². The third-order valence-corrected chi connectivity index (χ3v) is 5.88. The van der Waals surface area contributed by atoms with E-state index in [0.29, 0.717) is 10.3 Å². The van der Waals surface area contributed by atoms with Crippen LogP contribution in [0, 0.1) is 6.92 Å². The molecule has 8 nitrogen and oxygen atoms in total. The number of thioether (sulfide) groups is 1. The van der Waals surface area contributed by atoms with E-state index in [-0.39, 0.29) is 5.75 Å². The molecule has 0 bridgehead atoms. The van der Waals surface area contributed by atoms with Gasteiger partial charge in [0.2, 0.25) is 5.13 Å². The summed E-state index contributed by atoms with van der Waals surface area (Å²) in [5.41, 5.74) is 3.41. The van der Waals surface area contributed by atoms with E-state index in [1.165, 1.54) is 11.3 Å². The molecule has 4 rings (SSSR count). The monoisotopic (exact) mass is 477 g/mol. The molecule has 0 unspecified atom stereocenters. The van der Waals surface area contributed by atoms with Crippen LogP contribution in [0.5, 0.6) is 0 Å². The Hall–Kier alpha value is -3.63. The molecule has 0 aliphatic carbocycles. The first-order valence-electron chi connectivity index (χ1n) is 9.95. The third-order valence-electron chi connectivity index (χ3n) is 4.30. The topological polar surface area (TPSA) is 107 Å². The number of anilines is 1. The molecule has 166 valence electrons. The average molecular weight is 478 g/mol. The number of amides is 1. The first-order chi connectivity index (χ1) is 16.1. The molecule has 0 aliphatic heterocycles. The van der Waals surface area contributed by atoms with E-state index in [9.17, 15) is 9.59 Å². The van der Waals surface area contributed by atoms with Gasteiger partial charge in [-0.3, -0.25) is 14.9 Å². The third kappa shape index (κ3) is 6.43. The second kappa shape index (κ2) is 10.8. The number of aromatic nitrogens is 4. The maximum atomic E-state index is 12.2. The zero-order valence-electron chi connectivity index (χ0n) is 17.6. The molecule has 1 amide bonds. The second-order valence-corrected chi connectivity index (χ2v) is 8.90. The van der Waals surface area contributed by atoms with E-state index in [1.54, 1.807) is 6.92 Å². The summed E-state index contributed by atoms with van der Waals surface area (Å²) in [6.45, 7) is 1.38. The van der Waals surface area contributed by atoms with E-state index in [1.807, 2.05) is 66.7 Å². The minimum Gasteiger partial charge on any atom is -0.455 e. The Labute approximate surface area is 198 Å². The number of aryl methyl sites for hydroxylation is 1. The maximum absolute atomic E-state index is 12.2. The summed E-state index contributed by atoms with van der Waals surface area (Å²) in [4.78, 5) is 33.3. The van der Waals surface area contributed by atoms with Crippen LogP contribution in [0.1, 0.15) is 5.01 Å². The van der Waals surface area contributed by atoms with E-state index < -0.39 is 18.5 Å². The Balaban J connectivity index is 1.41. The van der Waals surface area contributed by atoms with Gasteiger partial charge in [0.15, 0.2) is 11.8 Å². The number of hydrogen-bond acceptors (Lipinski definition) is 9. The number of carbonyl (C=O) groups is 2. The predicted octanol–water partition coefficient (Wildman–Crippen LogP) is 4.24. The van der Waals surface area contributed by atoms with Crippen molar-refractivity contribution in [3.63, 3.8) is 0 Å². The molecule has 0 fully saturated rings. The lowest BCUT2D eigenvalue weighted by molar-refractivity contribution is -0.144. The van der Waals surface area contributed by atoms with Crippen LogP contribution in [0.2, 0.25) is 0 Å². The maximum Gasteiger partial charge on any atom is 0.316 e. The number of benzene rings is 2. The number of hydrogen-bond donors (Lipinski definition) is 1. The number of ether oxygens (including phenoxy) is 1. The molecule has 2 heterocycles. The Bertz CT molecular complexity index is 1190. The first kappa shape index (κ1) is 22.6. The van der Waals surface area contributed by atoms with Crippen LogP contribution in [0.15, 0.2) is 71.9 Å². The largest absolute Gasteiger partial charge is 0.455 e. The molecule has 0 spiro atoms. The predicted molar refractivity (Wildman–Crippen MR) is 128 cm³/mol. The molecule has 33 heavy (non-hydrogen) atoms. The number of nitrogens with one attached hydrogen (secondary N) is 1. The fourth-order valence-electron chi connectivity index (χ4n) is 2.82. The minimum atomic E-state index is -0.543. The van der Waals surface area contributed by atoms with Gasteiger partial charge in [0.05, 0.1) is 17.1 Å². The van der Waals surface area contributed by atoms with Gasteiger partial charge in [0.1, 0.15) is 5.01 Å². The lowest BCUT2D eigenvalue weighted by atomic mass is 10.1. The van der Waals surface area contributed by atoms with E-state index >= 15 is 0 Å². The highest BCUT2D eigenvalue weighted by Gasteiger charge is 2.13. The summed E-state index contributed by atoms with van der Waals surface area (Å²) in [5.74, 6) is -1.05. The molecule has 2 aromatic heterocycles. The molecule has 2 aromatic carbocycles. The van der Waals surface area contributed by atoms with Gasteiger partial charge in [-0.1, -0.05) is 83.8 Å². The Morgan fingerprint density at radius 1 is 0.939 bits per heavy atom. The van der Waals surface area contributed by atoms with E-state index in [0.717, 1.165) is 39.3 Å². The normalized spacial score (nSPS) is 10.6. The Morgan fingerprint density at radius 3 is 2.09 bits per heavy atom. The SMILES string of the molecule is Cc1nnc(NC(=O)COC(=O)CSc2nc(-c3ccccc3)cc(-c3ccccc3)n2)s1. The van der Waals surface area contributed by atoms with Crippen LogP contribution < -0.4 is 5.32 Å². The van der Waals surface area contributed by atoms with Crippen LogP contribution in [0.3, 0.4) is 0 Å². The molecule has 0 atom stereocenters. The van der Waals surface area contributed by atoms with Gasteiger partial charge in [0, 0.05) is 11.1 Å². The van der Waals surface area contributed by atoms with Crippen molar-refractivity contribution in [2.24, 2.45) is 0 Å². The van der Waals surface area contributed by atoms with Gasteiger partial charge in [0.25, 0.3) is 5.91 Å². The fourth-order valence-corrected chi connectivity index (χ4v) is 4.08. The molecule has 0 saturated carbocycles. The summed E-state index contributed by atoms with van der Waals surface area (Å²) in [6, 6.07) is 21.5. The minimum absolute atomic E-state index is 0.0301. The van der Waals surface area contributed by atoms with E-state index in [2.05, 4.69) is 25.5 Å². The number of rotatable bonds is 8. The molecule has 0 saturated heterocycles. The summed E-state index contributed by atoms with van der Waals surface area (Å²) in [7, 11) is 0. The lowest BCUT2D eigenvalue weighted by Crippen LogP contribution is -2.21. The van der Waals surface area contributed by atoms with Gasteiger partial charge in [-0.05, 0) is 13.0 Å². The van der Waals surface area contributed by atoms with Crippen LogP contribution in [-0.4, -0.2) is 44.4 Å². The number of nitrogens with zero attached hydrogens (tertiary/aromatic N) is 4. The van der Waals surface area contributed by atoms with Crippen LogP contribution >= 0.6 is 23.1 Å². The van der Waals surface area contributed by atoms with Crippen molar-refractivity contribution in [1.82, 2.24) is 20.2 Å². The van der Waals surface area contributed by atoms with Crippen molar-refractivity contribution >= 4 is 40.1 Å². The lowest BCUT2D eigenvalue weighted by Gasteiger charge is -2.09. The van der Waals surface area contributed by atoms with E-state index in [4.69, 9.17) is 4.74 Å². The van der Waals surface area contributed by atoms with Crippen molar-refractivity contribution in [3.05, 3.63) is 71.7 Å². The van der Waals surface area contributed by atoms with Crippen molar-refractivity contribution in [3.8, 4) is 22.5 Å². The summed E-state index contributed by atoms with van der Waals surface area (Å²) >= 11 is 2.40. The molecule has 0 radical (unpaired) electrons. The zero-order valence-corrected chi connectivity index (χ0v) is 19.2. The highest BCUT2D eigenvalue weighted by atomic mass is 32.2. The van der Waals surface area contributed by atoms with Crippen LogP contribution in [-0.2, 0) is 14.3 Å². The quantitative estimate of drug-likeness (QED) is 0.228.